The van der Waals surface area contributed by atoms with Crippen molar-refractivity contribution in [2.75, 3.05) is 24.6 Å². The van der Waals surface area contributed by atoms with Gasteiger partial charge in [0.15, 0.2) is 0 Å². The molecule has 0 bridgehead atoms. The van der Waals surface area contributed by atoms with Crippen LogP contribution in [-0.2, 0) is 0 Å². The van der Waals surface area contributed by atoms with Gasteiger partial charge in [-0.2, -0.15) is 0 Å². The van der Waals surface area contributed by atoms with Crippen LogP contribution in [0, 0.1) is 0 Å². The molecule has 17 heavy (non-hydrogen) atoms. The van der Waals surface area contributed by atoms with Gasteiger partial charge in [-0.05, 0) is 26.2 Å². The highest BCUT2D eigenvalue weighted by molar-refractivity contribution is 5.42. The predicted octanol–water partition coefficient (Wildman–Crippen LogP) is 1.19. The van der Waals surface area contributed by atoms with Crippen molar-refractivity contribution >= 4 is 5.82 Å². The van der Waals surface area contributed by atoms with Crippen LogP contribution in [0.3, 0.4) is 0 Å². The minimum Gasteiger partial charge on any atom is -0.476 e. The molecule has 0 spiro atoms. The van der Waals surface area contributed by atoms with E-state index in [4.69, 9.17) is 10.5 Å². The highest BCUT2D eigenvalue weighted by Gasteiger charge is 2.19. The van der Waals surface area contributed by atoms with Crippen molar-refractivity contribution in [3.63, 3.8) is 0 Å². The number of hydrogen-bond acceptors (Lipinski definition) is 5. The van der Waals surface area contributed by atoms with Crippen molar-refractivity contribution in [1.29, 1.82) is 0 Å². The number of aromatic nitrogens is 2. The van der Waals surface area contributed by atoms with E-state index in [1.54, 1.807) is 6.33 Å². The van der Waals surface area contributed by atoms with Crippen LogP contribution in [0.4, 0.5) is 5.82 Å². The molecule has 5 nitrogen and oxygen atoms in total. The molecule has 1 saturated heterocycles. The van der Waals surface area contributed by atoms with E-state index in [-0.39, 0.29) is 0 Å². The summed E-state index contributed by atoms with van der Waals surface area (Å²) in [6.07, 6.45) is 5.32. The van der Waals surface area contributed by atoms with Crippen LogP contribution in [-0.4, -0.2) is 35.7 Å². The molecule has 1 aromatic rings. The molecule has 1 aliphatic heterocycles. The average molecular weight is 236 g/mol. The fourth-order valence-electron chi connectivity index (χ4n) is 2.17. The first-order valence-corrected chi connectivity index (χ1v) is 6.23. The lowest BCUT2D eigenvalue weighted by atomic mass is 10.0. The average Bonchev–Trinajstić information content (AvgIpc) is 2.37. The Bertz CT molecular complexity index is 358. The topological polar surface area (TPSA) is 64.3 Å². The Morgan fingerprint density at radius 3 is 3.12 bits per heavy atom. The molecule has 1 atom stereocenters. The lowest BCUT2D eigenvalue weighted by Gasteiger charge is -2.34. The summed E-state index contributed by atoms with van der Waals surface area (Å²) in [6.45, 7) is 4.29. The Morgan fingerprint density at radius 1 is 1.47 bits per heavy atom. The molecule has 5 heteroatoms. The Kier molecular flexibility index (Phi) is 4.14. The van der Waals surface area contributed by atoms with E-state index in [1.807, 2.05) is 6.07 Å². The smallest absolute Gasteiger partial charge is 0.218 e. The summed E-state index contributed by atoms with van der Waals surface area (Å²) in [5, 5.41) is 0. The second-order valence-corrected chi connectivity index (χ2v) is 4.39. The quantitative estimate of drug-likeness (QED) is 0.850. The molecule has 0 amide bonds. The van der Waals surface area contributed by atoms with Gasteiger partial charge in [0.2, 0.25) is 5.88 Å². The highest BCUT2D eigenvalue weighted by atomic mass is 16.5. The minimum absolute atomic E-state index is 0.492. The zero-order valence-corrected chi connectivity index (χ0v) is 10.3. The highest BCUT2D eigenvalue weighted by Crippen LogP contribution is 2.24. The van der Waals surface area contributed by atoms with Crippen LogP contribution in [0.2, 0.25) is 0 Å². The van der Waals surface area contributed by atoms with Gasteiger partial charge in [-0.3, -0.25) is 0 Å². The molecule has 1 aliphatic rings. The van der Waals surface area contributed by atoms with E-state index in [9.17, 15) is 0 Å². The molecule has 1 unspecified atom stereocenters. The van der Waals surface area contributed by atoms with Crippen LogP contribution in [0.5, 0.6) is 5.88 Å². The summed E-state index contributed by atoms with van der Waals surface area (Å²) in [4.78, 5) is 10.7. The van der Waals surface area contributed by atoms with E-state index in [0.717, 1.165) is 12.4 Å². The number of anilines is 1. The van der Waals surface area contributed by atoms with Gasteiger partial charge in [-0.25, -0.2) is 9.97 Å². The molecule has 2 rings (SSSR count). The van der Waals surface area contributed by atoms with Crippen molar-refractivity contribution < 1.29 is 4.74 Å². The first-order valence-electron chi connectivity index (χ1n) is 6.23. The molecule has 0 saturated carbocycles. The monoisotopic (exact) mass is 236 g/mol. The largest absolute Gasteiger partial charge is 0.476 e. The molecule has 1 aromatic heterocycles. The fraction of sp³-hybridized carbons (Fsp3) is 0.667. The summed E-state index contributed by atoms with van der Waals surface area (Å²) in [5.74, 6) is 1.57. The number of nitrogens with zero attached hydrogens (tertiary/aromatic N) is 3. The van der Waals surface area contributed by atoms with E-state index in [0.29, 0.717) is 25.1 Å². The normalized spacial score (nSPS) is 20.4. The van der Waals surface area contributed by atoms with Crippen LogP contribution in [0.1, 0.15) is 26.2 Å². The summed E-state index contributed by atoms with van der Waals surface area (Å²) in [7, 11) is 0. The van der Waals surface area contributed by atoms with E-state index in [2.05, 4.69) is 21.8 Å². The van der Waals surface area contributed by atoms with Crippen LogP contribution in [0.15, 0.2) is 12.4 Å². The van der Waals surface area contributed by atoms with Crippen LogP contribution in [0.25, 0.3) is 0 Å². The zero-order valence-electron chi connectivity index (χ0n) is 10.3. The molecule has 2 N–H and O–H groups in total. The molecule has 0 aromatic carbocycles. The van der Waals surface area contributed by atoms with Crippen molar-refractivity contribution in [3.8, 4) is 5.88 Å². The van der Waals surface area contributed by atoms with Gasteiger partial charge in [0.05, 0.1) is 0 Å². The second-order valence-electron chi connectivity index (χ2n) is 4.39. The summed E-state index contributed by atoms with van der Waals surface area (Å²) in [5.41, 5.74) is 5.40. The SMILES string of the molecule is CC1CCCCN1c1cc(OCCN)ncn1. The Morgan fingerprint density at radius 2 is 2.35 bits per heavy atom. The summed E-state index contributed by atoms with van der Waals surface area (Å²) < 4.78 is 5.42. The van der Waals surface area contributed by atoms with Crippen molar-refractivity contribution in [2.45, 2.75) is 32.2 Å². The minimum atomic E-state index is 0.492. The Balaban J connectivity index is 2.08. The molecule has 94 valence electrons. The number of hydrogen-bond donors (Lipinski definition) is 1. The zero-order chi connectivity index (χ0) is 12.1. The second kappa shape index (κ2) is 5.82. The molecule has 0 radical (unpaired) electrons. The standard InChI is InChI=1S/C12H20N4O/c1-10-4-2-3-6-16(10)11-8-12(15-9-14-11)17-7-5-13/h8-10H,2-7,13H2,1H3. The first-order chi connectivity index (χ1) is 8.31. The Labute approximate surface area is 102 Å². The van der Waals surface area contributed by atoms with Gasteiger partial charge in [0.1, 0.15) is 18.8 Å². The lowest BCUT2D eigenvalue weighted by molar-refractivity contribution is 0.314. The van der Waals surface area contributed by atoms with Gasteiger partial charge in [-0.1, -0.05) is 0 Å². The molecule has 2 heterocycles. The number of rotatable bonds is 4. The van der Waals surface area contributed by atoms with Gasteiger partial charge < -0.3 is 15.4 Å². The fourth-order valence-corrected chi connectivity index (χ4v) is 2.17. The van der Waals surface area contributed by atoms with Crippen molar-refractivity contribution in [2.24, 2.45) is 5.73 Å². The predicted molar refractivity (Wildman–Crippen MR) is 67.2 cm³/mol. The third kappa shape index (κ3) is 3.06. The van der Waals surface area contributed by atoms with E-state index >= 15 is 0 Å². The molecular weight excluding hydrogens is 216 g/mol. The maximum atomic E-state index is 5.42. The Hall–Kier alpha value is -1.36. The van der Waals surface area contributed by atoms with Crippen molar-refractivity contribution in [1.82, 2.24) is 9.97 Å². The summed E-state index contributed by atoms with van der Waals surface area (Å²) in [6, 6.07) is 2.44. The molecule has 0 aliphatic carbocycles. The maximum Gasteiger partial charge on any atom is 0.218 e. The van der Waals surface area contributed by atoms with Gasteiger partial charge in [0.25, 0.3) is 0 Å². The van der Waals surface area contributed by atoms with Crippen LogP contribution < -0.4 is 15.4 Å². The number of piperidine rings is 1. The van der Waals surface area contributed by atoms with E-state index < -0.39 is 0 Å². The number of ether oxygens (including phenoxy) is 1. The maximum absolute atomic E-state index is 5.42. The van der Waals surface area contributed by atoms with Crippen LogP contribution >= 0.6 is 0 Å². The molecular formula is C12H20N4O. The van der Waals surface area contributed by atoms with Crippen molar-refractivity contribution in [3.05, 3.63) is 12.4 Å². The summed E-state index contributed by atoms with van der Waals surface area (Å²) >= 11 is 0. The van der Waals surface area contributed by atoms with Gasteiger partial charge >= 0.3 is 0 Å². The van der Waals surface area contributed by atoms with Gasteiger partial charge in [-0.15, -0.1) is 0 Å². The first kappa shape index (κ1) is 12.1. The number of nitrogens with two attached hydrogens (primary N) is 1. The lowest BCUT2D eigenvalue weighted by Crippen LogP contribution is -2.38. The molecule has 1 fully saturated rings. The van der Waals surface area contributed by atoms with Gasteiger partial charge in [0, 0.05) is 25.2 Å². The third-order valence-corrected chi connectivity index (χ3v) is 3.09. The third-order valence-electron chi connectivity index (χ3n) is 3.09. The van der Waals surface area contributed by atoms with E-state index in [1.165, 1.54) is 19.3 Å².